The van der Waals surface area contributed by atoms with E-state index >= 15 is 0 Å². The van der Waals surface area contributed by atoms with Crippen molar-refractivity contribution < 1.29 is 19.1 Å². The molecule has 0 saturated carbocycles. The fourth-order valence-electron chi connectivity index (χ4n) is 2.49. The van der Waals surface area contributed by atoms with Gasteiger partial charge in [0.15, 0.2) is 0 Å². The Hall–Kier alpha value is -2.24. The Kier molecular flexibility index (Phi) is 5.25. The van der Waals surface area contributed by atoms with E-state index in [1.54, 1.807) is 19.1 Å². The highest BCUT2D eigenvalue weighted by atomic mass is 16.5. The van der Waals surface area contributed by atoms with Crippen LogP contribution in [0.5, 0.6) is 11.5 Å². The van der Waals surface area contributed by atoms with Crippen molar-refractivity contribution in [1.82, 2.24) is 10.2 Å². The minimum Gasteiger partial charge on any atom is -0.497 e. The first kappa shape index (κ1) is 16.1. The topological polar surface area (TPSA) is 67.9 Å². The van der Waals surface area contributed by atoms with Crippen LogP contribution >= 0.6 is 0 Å². The van der Waals surface area contributed by atoms with Gasteiger partial charge in [-0.2, -0.15) is 0 Å². The number of likely N-dealkylation sites (N-methyl/N-ethyl adjacent to an activating group) is 2. The average Bonchev–Trinajstić information content (AvgIpc) is 2.57. The first-order valence-corrected chi connectivity index (χ1v) is 7.38. The minimum absolute atomic E-state index is 0.0485. The molecule has 0 spiro atoms. The van der Waals surface area contributed by atoms with Crippen molar-refractivity contribution in [1.29, 1.82) is 0 Å². The number of carbonyl (C=O) groups excluding carboxylic acids is 2. The van der Waals surface area contributed by atoms with Crippen molar-refractivity contribution in [2.75, 3.05) is 33.9 Å². The zero-order valence-electron chi connectivity index (χ0n) is 13.2. The molecule has 1 aliphatic rings. The molecule has 0 bridgehead atoms. The standard InChI is InChI=1S/C16H22N2O4/c1-4-18(9-15(19)17-2)16(20)12-7-11-5-6-13(21-3)8-14(11)22-10-12/h5-6,8,12H,4,7,9-10H2,1-3H3,(H,17,19). The van der Waals surface area contributed by atoms with Gasteiger partial charge in [0.05, 0.1) is 19.6 Å². The van der Waals surface area contributed by atoms with E-state index in [9.17, 15) is 9.59 Å². The summed E-state index contributed by atoms with van der Waals surface area (Å²) in [6.07, 6.45) is 0.613. The van der Waals surface area contributed by atoms with Crippen molar-refractivity contribution >= 4 is 11.8 Å². The molecule has 0 saturated heterocycles. The van der Waals surface area contributed by atoms with Gasteiger partial charge in [0.2, 0.25) is 11.8 Å². The summed E-state index contributed by atoms with van der Waals surface area (Å²) in [5.74, 6) is 1.02. The Balaban J connectivity index is 2.07. The number of fused-ring (bicyclic) bond motifs is 1. The Labute approximate surface area is 130 Å². The number of rotatable bonds is 5. The number of ether oxygens (including phenoxy) is 2. The van der Waals surface area contributed by atoms with Crippen LogP contribution in [0.1, 0.15) is 12.5 Å². The summed E-state index contributed by atoms with van der Waals surface area (Å²) in [7, 11) is 3.17. The second-order valence-electron chi connectivity index (χ2n) is 5.21. The first-order chi connectivity index (χ1) is 10.6. The van der Waals surface area contributed by atoms with Crippen LogP contribution in [0, 0.1) is 5.92 Å². The summed E-state index contributed by atoms with van der Waals surface area (Å²) in [5, 5.41) is 2.54. The third-order valence-corrected chi connectivity index (χ3v) is 3.84. The number of carbonyl (C=O) groups is 2. The van der Waals surface area contributed by atoms with Gasteiger partial charge in [-0.15, -0.1) is 0 Å². The normalized spacial score (nSPS) is 16.2. The number of amides is 2. The molecule has 1 aromatic carbocycles. The molecule has 2 rings (SSSR count). The molecule has 120 valence electrons. The van der Waals surface area contributed by atoms with Gasteiger partial charge in [0.1, 0.15) is 18.1 Å². The summed E-state index contributed by atoms with van der Waals surface area (Å²) in [6.45, 7) is 2.77. The van der Waals surface area contributed by atoms with Crippen molar-refractivity contribution in [2.24, 2.45) is 5.92 Å². The lowest BCUT2D eigenvalue weighted by Crippen LogP contribution is -2.45. The molecule has 2 amide bonds. The smallest absolute Gasteiger partial charge is 0.239 e. The summed E-state index contributed by atoms with van der Waals surface area (Å²) >= 11 is 0. The molecule has 1 N–H and O–H groups in total. The number of benzene rings is 1. The third-order valence-electron chi connectivity index (χ3n) is 3.84. The molecule has 0 fully saturated rings. The second-order valence-corrected chi connectivity index (χ2v) is 5.21. The molecule has 6 heteroatoms. The maximum absolute atomic E-state index is 12.6. The van der Waals surface area contributed by atoms with Crippen LogP contribution in [0.2, 0.25) is 0 Å². The SMILES string of the molecule is CCN(CC(=O)NC)C(=O)C1COc2cc(OC)ccc2C1. The molecule has 1 aliphatic heterocycles. The van der Waals surface area contributed by atoms with Gasteiger partial charge in [0.25, 0.3) is 0 Å². The van der Waals surface area contributed by atoms with Gasteiger partial charge >= 0.3 is 0 Å². The quantitative estimate of drug-likeness (QED) is 0.875. The number of hydrogen-bond donors (Lipinski definition) is 1. The lowest BCUT2D eigenvalue weighted by Gasteiger charge is -2.29. The van der Waals surface area contributed by atoms with Gasteiger partial charge < -0.3 is 19.7 Å². The molecule has 0 aromatic heterocycles. The molecule has 1 heterocycles. The molecule has 6 nitrogen and oxygen atoms in total. The molecular formula is C16H22N2O4. The summed E-state index contributed by atoms with van der Waals surface area (Å²) < 4.78 is 10.9. The third kappa shape index (κ3) is 3.50. The van der Waals surface area contributed by atoms with Crippen LogP contribution in [-0.4, -0.2) is 50.6 Å². The van der Waals surface area contributed by atoms with Crippen molar-refractivity contribution in [3.05, 3.63) is 23.8 Å². The predicted molar refractivity (Wildman–Crippen MR) is 82.0 cm³/mol. The van der Waals surface area contributed by atoms with E-state index in [0.717, 1.165) is 17.1 Å². The summed E-state index contributed by atoms with van der Waals surface area (Å²) in [6, 6.07) is 5.61. The maximum Gasteiger partial charge on any atom is 0.239 e. The van der Waals surface area contributed by atoms with Crippen molar-refractivity contribution in [3.8, 4) is 11.5 Å². The van der Waals surface area contributed by atoms with Gasteiger partial charge in [-0.3, -0.25) is 9.59 Å². The van der Waals surface area contributed by atoms with Crippen LogP contribution in [0.4, 0.5) is 0 Å². The minimum atomic E-state index is -0.259. The highest BCUT2D eigenvalue weighted by Gasteiger charge is 2.30. The Morgan fingerprint density at radius 2 is 2.23 bits per heavy atom. The van der Waals surface area contributed by atoms with Crippen molar-refractivity contribution in [2.45, 2.75) is 13.3 Å². The summed E-state index contributed by atoms with van der Waals surface area (Å²) in [4.78, 5) is 25.6. The molecule has 0 aliphatic carbocycles. The summed E-state index contributed by atoms with van der Waals surface area (Å²) in [5.41, 5.74) is 0.987. The highest BCUT2D eigenvalue weighted by molar-refractivity contribution is 5.86. The zero-order valence-corrected chi connectivity index (χ0v) is 13.2. The van der Waals surface area contributed by atoms with E-state index in [-0.39, 0.29) is 24.3 Å². The Bertz CT molecular complexity index is 559. The van der Waals surface area contributed by atoms with Gasteiger partial charge in [-0.25, -0.2) is 0 Å². The highest BCUT2D eigenvalue weighted by Crippen LogP contribution is 2.31. The van der Waals surface area contributed by atoms with Crippen LogP contribution in [0.25, 0.3) is 0 Å². The Morgan fingerprint density at radius 1 is 1.45 bits per heavy atom. The lowest BCUT2D eigenvalue weighted by molar-refractivity contribution is -0.140. The second kappa shape index (κ2) is 7.15. The molecular weight excluding hydrogens is 284 g/mol. The predicted octanol–water partition coefficient (Wildman–Crippen LogP) is 0.841. The Morgan fingerprint density at radius 3 is 2.86 bits per heavy atom. The molecule has 1 aromatic rings. The average molecular weight is 306 g/mol. The van der Waals surface area contributed by atoms with E-state index in [2.05, 4.69) is 5.32 Å². The van der Waals surface area contributed by atoms with E-state index in [0.29, 0.717) is 19.6 Å². The van der Waals surface area contributed by atoms with Gasteiger partial charge in [0, 0.05) is 19.7 Å². The molecule has 1 unspecified atom stereocenters. The van der Waals surface area contributed by atoms with E-state index in [4.69, 9.17) is 9.47 Å². The molecule has 0 radical (unpaired) electrons. The van der Waals surface area contributed by atoms with E-state index < -0.39 is 0 Å². The lowest BCUT2D eigenvalue weighted by atomic mass is 9.95. The van der Waals surface area contributed by atoms with Crippen LogP contribution in [0.15, 0.2) is 18.2 Å². The van der Waals surface area contributed by atoms with E-state index in [1.807, 2.05) is 25.1 Å². The van der Waals surface area contributed by atoms with Crippen LogP contribution in [0.3, 0.4) is 0 Å². The maximum atomic E-state index is 12.6. The number of nitrogens with zero attached hydrogens (tertiary/aromatic N) is 1. The largest absolute Gasteiger partial charge is 0.497 e. The zero-order chi connectivity index (χ0) is 16.1. The van der Waals surface area contributed by atoms with E-state index in [1.165, 1.54) is 0 Å². The van der Waals surface area contributed by atoms with Gasteiger partial charge in [-0.05, 0) is 25.0 Å². The number of methoxy groups -OCH3 is 1. The monoisotopic (exact) mass is 306 g/mol. The molecule has 1 atom stereocenters. The van der Waals surface area contributed by atoms with Crippen LogP contribution < -0.4 is 14.8 Å². The number of hydrogen-bond acceptors (Lipinski definition) is 4. The fourth-order valence-corrected chi connectivity index (χ4v) is 2.49. The van der Waals surface area contributed by atoms with Crippen molar-refractivity contribution in [3.63, 3.8) is 0 Å². The van der Waals surface area contributed by atoms with Gasteiger partial charge in [-0.1, -0.05) is 6.07 Å². The van der Waals surface area contributed by atoms with Crippen LogP contribution in [-0.2, 0) is 16.0 Å². The molecule has 22 heavy (non-hydrogen) atoms. The number of nitrogens with one attached hydrogen (secondary N) is 1. The first-order valence-electron chi connectivity index (χ1n) is 7.38. The fraction of sp³-hybridized carbons (Fsp3) is 0.500.